The number of hydrogen-bond acceptors (Lipinski definition) is 2. The first-order valence-electron chi connectivity index (χ1n) is 6.24. The van der Waals surface area contributed by atoms with Gasteiger partial charge >= 0.3 is 6.03 Å². The molecule has 0 aliphatic carbocycles. The number of phenols is 1. The van der Waals surface area contributed by atoms with E-state index in [0.717, 1.165) is 23.3 Å². The summed E-state index contributed by atoms with van der Waals surface area (Å²) in [5.41, 5.74) is 1.89. The van der Waals surface area contributed by atoms with Gasteiger partial charge < -0.3 is 15.7 Å². The van der Waals surface area contributed by atoms with Gasteiger partial charge in [-0.1, -0.05) is 24.3 Å². The maximum absolute atomic E-state index is 13.1. The number of rotatable bonds is 3. The van der Waals surface area contributed by atoms with E-state index in [1.54, 1.807) is 0 Å². The van der Waals surface area contributed by atoms with Gasteiger partial charge in [0.05, 0.1) is 0 Å². The zero-order chi connectivity index (χ0) is 15.4. The number of anilines is 1. The number of benzene rings is 2. The van der Waals surface area contributed by atoms with Crippen LogP contribution >= 0.6 is 0 Å². The molecule has 21 heavy (non-hydrogen) atoms. The third-order valence-electron chi connectivity index (χ3n) is 2.98. The van der Waals surface area contributed by atoms with E-state index >= 15 is 0 Å². The van der Waals surface area contributed by atoms with Crippen LogP contribution in [0.25, 0.3) is 0 Å². The largest absolute Gasteiger partial charge is 0.503 e. The van der Waals surface area contributed by atoms with Crippen LogP contribution in [0.1, 0.15) is 11.1 Å². The number of urea groups is 1. The van der Waals surface area contributed by atoms with Gasteiger partial charge in [-0.25, -0.2) is 13.6 Å². The molecule has 0 heterocycles. The highest BCUT2D eigenvalue weighted by Crippen LogP contribution is 2.23. The molecule has 3 N–H and O–H groups in total. The van der Waals surface area contributed by atoms with Crippen LogP contribution in [0.5, 0.6) is 5.75 Å². The Balaban J connectivity index is 1.98. The average molecular weight is 292 g/mol. The lowest BCUT2D eigenvalue weighted by atomic mass is 10.1. The smallest absolute Gasteiger partial charge is 0.319 e. The van der Waals surface area contributed by atoms with Crippen molar-refractivity contribution in [2.75, 3.05) is 5.32 Å². The summed E-state index contributed by atoms with van der Waals surface area (Å²) in [7, 11) is 0. The molecule has 0 atom stereocenters. The van der Waals surface area contributed by atoms with Crippen molar-refractivity contribution in [2.24, 2.45) is 0 Å². The Kier molecular flexibility index (Phi) is 4.37. The van der Waals surface area contributed by atoms with E-state index in [1.807, 2.05) is 31.2 Å². The molecule has 2 aromatic carbocycles. The normalized spacial score (nSPS) is 10.2. The molecular weight excluding hydrogens is 278 g/mol. The average Bonchev–Trinajstić information content (AvgIpc) is 2.44. The van der Waals surface area contributed by atoms with E-state index in [2.05, 4.69) is 10.6 Å². The monoisotopic (exact) mass is 292 g/mol. The molecule has 0 saturated heterocycles. The van der Waals surface area contributed by atoms with Crippen molar-refractivity contribution < 1.29 is 18.7 Å². The number of nitrogens with one attached hydrogen (secondary N) is 2. The lowest BCUT2D eigenvalue weighted by Crippen LogP contribution is -2.28. The number of halogens is 2. The van der Waals surface area contributed by atoms with E-state index in [9.17, 15) is 13.6 Å². The van der Waals surface area contributed by atoms with Crippen molar-refractivity contribution in [2.45, 2.75) is 13.5 Å². The van der Waals surface area contributed by atoms with Crippen LogP contribution in [0, 0.1) is 18.6 Å². The van der Waals surface area contributed by atoms with E-state index in [1.165, 1.54) is 0 Å². The van der Waals surface area contributed by atoms with E-state index in [-0.39, 0.29) is 5.69 Å². The van der Waals surface area contributed by atoms with Crippen molar-refractivity contribution in [1.29, 1.82) is 0 Å². The number of hydrogen-bond donors (Lipinski definition) is 3. The van der Waals surface area contributed by atoms with Gasteiger partial charge in [-0.05, 0) is 18.1 Å². The molecule has 110 valence electrons. The van der Waals surface area contributed by atoms with Crippen molar-refractivity contribution >= 4 is 11.7 Å². The van der Waals surface area contributed by atoms with Crippen molar-refractivity contribution in [3.63, 3.8) is 0 Å². The van der Waals surface area contributed by atoms with Crippen molar-refractivity contribution in [1.82, 2.24) is 5.32 Å². The standard InChI is InChI=1S/C15H14F2N2O2/c1-9-4-2-3-5-10(9)8-18-15(21)19-11-6-12(16)14(20)13(17)7-11/h2-7,20H,8H2,1H3,(H2,18,19,21). The van der Waals surface area contributed by atoms with Crippen LogP contribution in [0.4, 0.5) is 19.3 Å². The van der Waals surface area contributed by atoms with E-state index in [4.69, 9.17) is 5.11 Å². The fourth-order valence-electron chi connectivity index (χ4n) is 1.80. The van der Waals surface area contributed by atoms with Crippen LogP contribution in [0.2, 0.25) is 0 Å². The minimum Gasteiger partial charge on any atom is -0.503 e. The molecular formula is C15H14F2N2O2. The van der Waals surface area contributed by atoms with Crippen LogP contribution in [-0.4, -0.2) is 11.1 Å². The zero-order valence-electron chi connectivity index (χ0n) is 11.3. The molecule has 0 aromatic heterocycles. The maximum atomic E-state index is 13.1. The first kappa shape index (κ1) is 14.8. The first-order chi connectivity index (χ1) is 9.97. The molecule has 0 saturated carbocycles. The SMILES string of the molecule is Cc1ccccc1CNC(=O)Nc1cc(F)c(O)c(F)c1. The molecule has 0 bridgehead atoms. The number of amides is 2. The topological polar surface area (TPSA) is 61.4 Å². The summed E-state index contributed by atoms with van der Waals surface area (Å²) in [6.07, 6.45) is 0. The van der Waals surface area contributed by atoms with Crippen LogP contribution in [0.3, 0.4) is 0 Å². The molecule has 0 radical (unpaired) electrons. The Morgan fingerprint density at radius 1 is 1.19 bits per heavy atom. The zero-order valence-corrected chi connectivity index (χ0v) is 11.3. The lowest BCUT2D eigenvalue weighted by Gasteiger charge is -2.10. The number of phenolic OH excluding ortho intramolecular Hbond substituents is 1. The van der Waals surface area contributed by atoms with Gasteiger partial charge in [-0.3, -0.25) is 0 Å². The van der Waals surface area contributed by atoms with E-state index < -0.39 is 23.4 Å². The highest BCUT2D eigenvalue weighted by molar-refractivity contribution is 5.89. The molecule has 0 fully saturated rings. The molecule has 2 rings (SSSR count). The summed E-state index contributed by atoms with van der Waals surface area (Å²) in [4.78, 5) is 11.7. The van der Waals surface area contributed by atoms with Gasteiger partial charge in [0.2, 0.25) is 0 Å². The second-order valence-corrected chi connectivity index (χ2v) is 4.52. The highest BCUT2D eigenvalue weighted by Gasteiger charge is 2.11. The van der Waals surface area contributed by atoms with Crippen molar-refractivity contribution in [3.8, 4) is 5.75 Å². The third kappa shape index (κ3) is 3.68. The minimum absolute atomic E-state index is 0.0786. The Morgan fingerprint density at radius 2 is 1.81 bits per heavy atom. The Hall–Kier alpha value is -2.63. The van der Waals surface area contributed by atoms with Crippen LogP contribution in [-0.2, 0) is 6.54 Å². The highest BCUT2D eigenvalue weighted by atomic mass is 19.1. The summed E-state index contributed by atoms with van der Waals surface area (Å²) in [6, 6.07) is 8.61. The number of carbonyl (C=O) groups is 1. The molecule has 4 nitrogen and oxygen atoms in total. The van der Waals surface area contributed by atoms with Gasteiger partial charge in [-0.15, -0.1) is 0 Å². The van der Waals surface area contributed by atoms with Gasteiger partial charge in [0, 0.05) is 24.4 Å². The summed E-state index contributed by atoms with van der Waals surface area (Å²) in [5.74, 6) is -3.34. The van der Waals surface area contributed by atoms with Gasteiger partial charge in [0.25, 0.3) is 0 Å². The fraction of sp³-hybridized carbons (Fsp3) is 0.133. The second kappa shape index (κ2) is 6.21. The fourth-order valence-corrected chi connectivity index (χ4v) is 1.80. The predicted molar refractivity (Wildman–Crippen MR) is 75.1 cm³/mol. The molecule has 2 aromatic rings. The Bertz CT molecular complexity index is 651. The van der Waals surface area contributed by atoms with Crippen LogP contribution < -0.4 is 10.6 Å². The van der Waals surface area contributed by atoms with Gasteiger partial charge in [0.1, 0.15) is 0 Å². The summed E-state index contributed by atoms with van der Waals surface area (Å²) in [6.45, 7) is 2.21. The molecule has 0 aliphatic rings. The molecule has 0 spiro atoms. The van der Waals surface area contributed by atoms with Crippen LogP contribution in [0.15, 0.2) is 36.4 Å². The molecule has 0 unspecified atom stereocenters. The van der Waals surface area contributed by atoms with Gasteiger partial charge in [-0.2, -0.15) is 0 Å². The molecule has 0 aliphatic heterocycles. The molecule has 2 amide bonds. The summed E-state index contributed by atoms with van der Waals surface area (Å²) in [5, 5.41) is 13.9. The Labute approximate surface area is 120 Å². The third-order valence-corrected chi connectivity index (χ3v) is 2.98. The minimum atomic E-state index is -1.13. The summed E-state index contributed by atoms with van der Waals surface area (Å²) >= 11 is 0. The number of aryl methyl sites for hydroxylation is 1. The summed E-state index contributed by atoms with van der Waals surface area (Å²) < 4.78 is 26.3. The number of aromatic hydroxyl groups is 1. The van der Waals surface area contributed by atoms with E-state index in [0.29, 0.717) is 6.54 Å². The predicted octanol–water partition coefficient (Wildman–Crippen LogP) is 3.30. The Morgan fingerprint density at radius 3 is 2.43 bits per heavy atom. The van der Waals surface area contributed by atoms with Gasteiger partial charge in [0.15, 0.2) is 17.4 Å². The lowest BCUT2D eigenvalue weighted by molar-refractivity contribution is 0.251. The molecule has 6 heteroatoms. The number of carbonyl (C=O) groups excluding carboxylic acids is 1. The first-order valence-corrected chi connectivity index (χ1v) is 6.24. The second-order valence-electron chi connectivity index (χ2n) is 4.52. The van der Waals surface area contributed by atoms with Crippen molar-refractivity contribution in [3.05, 3.63) is 59.2 Å². The quantitative estimate of drug-likeness (QED) is 0.760. The maximum Gasteiger partial charge on any atom is 0.319 e.